The van der Waals surface area contributed by atoms with E-state index in [0.717, 1.165) is 0 Å². The van der Waals surface area contributed by atoms with Crippen molar-refractivity contribution in [1.29, 1.82) is 0 Å². The molecule has 0 bridgehead atoms. The van der Waals surface area contributed by atoms with Gasteiger partial charge in [0.2, 0.25) is 0 Å². The molecule has 0 spiro atoms. The molecule has 12 heteroatoms. The van der Waals surface area contributed by atoms with Gasteiger partial charge in [-0.3, -0.25) is 9.12 Å². The smallest absolute Gasteiger partial charge is 0.273 e. The summed E-state index contributed by atoms with van der Waals surface area (Å²) < 4.78 is 38.6. The molecule has 1 fully saturated rings. The van der Waals surface area contributed by atoms with Crippen LogP contribution in [0.4, 0.5) is 5.82 Å². The number of hydrogen-bond acceptors (Lipinski definition) is 9. The van der Waals surface area contributed by atoms with Crippen LogP contribution >= 0.6 is 0 Å². The topological polar surface area (TPSA) is 174 Å². The zero-order chi connectivity index (χ0) is 16.1. The van der Waals surface area contributed by atoms with E-state index < -0.39 is 40.4 Å². The van der Waals surface area contributed by atoms with Crippen LogP contribution in [0.5, 0.6) is 0 Å². The van der Waals surface area contributed by atoms with Crippen molar-refractivity contribution in [2.45, 2.75) is 23.7 Å². The van der Waals surface area contributed by atoms with E-state index in [9.17, 15) is 23.2 Å². The molecule has 0 aromatic carbocycles. The van der Waals surface area contributed by atoms with Gasteiger partial charge in [0.25, 0.3) is 10.1 Å². The Kier molecular flexibility index (Phi) is 3.49. The Balaban J connectivity index is 2.06. The van der Waals surface area contributed by atoms with Crippen LogP contribution in [0, 0.1) is 0 Å². The van der Waals surface area contributed by atoms with Crippen molar-refractivity contribution < 1.29 is 27.9 Å². The average Bonchev–Trinajstić information content (AvgIpc) is 2.99. The summed E-state index contributed by atoms with van der Waals surface area (Å²) in [5.74, 6) is 0.112. The van der Waals surface area contributed by atoms with Crippen LogP contribution in [-0.2, 0) is 14.9 Å². The molecule has 0 amide bonds. The lowest BCUT2D eigenvalue weighted by atomic mass is 10.2. The van der Waals surface area contributed by atoms with E-state index in [2.05, 4.69) is 15.0 Å². The Hall–Kier alpha value is -1.86. The third kappa shape index (κ3) is 2.21. The third-order valence-corrected chi connectivity index (χ3v) is 4.76. The van der Waals surface area contributed by atoms with E-state index in [1.54, 1.807) is 0 Å². The number of aliphatic hydroxyl groups excluding tert-OH is 2. The predicted octanol–water partition coefficient (Wildman–Crippen LogP) is -2.08. The van der Waals surface area contributed by atoms with Gasteiger partial charge in [-0.15, -0.1) is 0 Å². The monoisotopic (exact) mass is 331 g/mol. The first-order chi connectivity index (χ1) is 10.3. The Morgan fingerprint density at radius 1 is 1.36 bits per heavy atom. The number of imidazole rings is 1. The van der Waals surface area contributed by atoms with Crippen molar-refractivity contribution in [2.75, 3.05) is 12.3 Å². The van der Waals surface area contributed by atoms with Crippen LogP contribution in [-0.4, -0.2) is 66.8 Å². The molecule has 3 rings (SSSR count). The molecule has 1 unspecified atom stereocenters. The summed E-state index contributed by atoms with van der Waals surface area (Å²) in [5, 5.41) is 17.7. The molecule has 120 valence electrons. The second-order valence-corrected chi connectivity index (χ2v) is 6.38. The number of nitrogens with two attached hydrogens (primary N) is 1. The van der Waals surface area contributed by atoms with Gasteiger partial charge in [0.15, 0.2) is 17.7 Å². The number of fused-ring (bicyclic) bond motifs is 1. The number of ether oxygens (including phenoxy) is 1. The summed E-state index contributed by atoms with van der Waals surface area (Å²) in [4.78, 5) is 11.7. The molecular weight excluding hydrogens is 318 g/mol. The zero-order valence-corrected chi connectivity index (χ0v) is 11.8. The van der Waals surface area contributed by atoms with Crippen LogP contribution in [0.25, 0.3) is 11.2 Å². The van der Waals surface area contributed by atoms with Gasteiger partial charge < -0.3 is 20.7 Å². The summed E-state index contributed by atoms with van der Waals surface area (Å²) in [7, 11) is -4.62. The highest BCUT2D eigenvalue weighted by Crippen LogP contribution is 2.34. The zero-order valence-electron chi connectivity index (χ0n) is 11.0. The van der Waals surface area contributed by atoms with Crippen molar-refractivity contribution in [3.63, 3.8) is 0 Å². The Labute approximate surface area is 124 Å². The Morgan fingerprint density at radius 2 is 2.09 bits per heavy atom. The summed E-state index contributed by atoms with van der Waals surface area (Å²) in [6.45, 7) is -0.693. The van der Waals surface area contributed by atoms with Crippen LogP contribution < -0.4 is 5.73 Å². The van der Waals surface area contributed by atoms with Crippen LogP contribution in [0.15, 0.2) is 12.7 Å². The number of nitrogen functional groups attached to an aromatic ring is 1. The quantitative estimate of drug-likeness (QED) is 0.457. The number of rotatable bonds is 3. The second kappa shape index (κ2) is 5.10. The molecule has 5 N–H and O–H groups in total. The van der Waals surface area contributed by atoms with E-state index in [1.807, 2.05) is 0 Å². The predicted molar refractivity (Wildman–Crippen MR) is 72.1 cm³/mol. The lowest BCUT2D eigenvalue weighted by Gasteiger charge is -2.17. The molecule has 11 nitrogen and oxygen atoms in total. The highest BCUT2D eigenvalue weighted by molar-refractivity contribution is 7.86. The Morgan fingerprint density at radius 3 is 2.68 bits per heavy atom. The van der Waals surface area contributed by atoms with Crippen molar-refractivity contribution in [3.05, 3.63) is 12.7 Å². The molecule has 22 heavy (non-hydrogen) atoms. The minimum atomic E-state index is -4.62. The number of nitrogens with zero attached hydrogens (tertiary/aromatic N) is 4. The van der Waals surface area contributed by atoms with Gasteiger partial charge in [0, 0.05) is 0 Å². The summed E-state index contributed by atoms with van der Waals surface area (Å²) in [6.07, 6.45) is -1.68. The summed E-state index contributed by atoms with van der Waals surface area (Å²) in [6, 6.07) is 0. The molecule has 1 saturated heterocycles. The van der Waals surface area contributed by atoms with E-state index >= 15 is 0 Å². The first-order valence-corrected chi connectivity index (χ1v) is 7.68. The molecular formula is C10H13N5O6S. The van der Waals surface area contributed by atoms with Crippen LogP contribution in [0.2, 0.25) is 0 Å². The fourth-order valence-corrected chi connectivity index (χ4v) is 3.54. The lowest BCUT2D eigenvalue weighted by Crippen LogP contribution is -2.40. The first-order valence-electron chi connectivity index (χ1n) is 6.18. The highest BCUT2D eigenvalue weighted by Gasteiger charge is 2.51. The molecule has 0 radical (unpaired) electrons. The molecule has 0 saturated carbocycles. The maximum absolute atomic E-state index is 11.4. The number of anilines is 1. The highest BCUT2D eigenvalue weighted by atomic mass is 32.2. The molecule has 0 aliphatic carbocycles. The van der Waals surface area contributed by atoms with Crippen LogP contribution in [0.3, 0.4) is 0 Å². The standard InChI is InChI=1S/C10H13N5O6S/c11-8-5-9(13-2-12-8)15(3-14-5)10-6(17)7(22(18,19)20)4(1-16)21-10/h2-4,6-7,10,16-17H,1H2,(H2,11,12,13)(H,18,19,20)/t4-,6-,7+,10?/m1/s1. The SMILES string of the molecule is Nc1ncnc2c1ncn2C1O[C@H](CO)[C@H](S(=O)(=O)O)[C@H]1O. The Bertz CT molecular complexity index is 807. The molecule has 1 aliphatic heterocycles. The van der Waals surface area contributed by atoms with E-state index in [4.69, 9.17) is 10.5 Å². The van der Waals surface area contributed by atoms with Gasteiger partial charge in [-0.1, -0.05) is 0 Å². The first kappa shape index (κ1) is 15.1. The second-order valence-electron chi connectivity index (χ2n) is 4.80. The molecule has 4 atom stereocenters. The van der Waals surface area contributed by atoms with Crippen molar-refractivity contribution >= 4 is 27.1 Å². The van der Waals surface area contributed by atoms with Gasteiger partial charge in [-0.25, -0.2) is 15.0 Å². The summed E-state index contributed by atoms with van der Waals surface area (Å²) >= 11 is 0. The molecule has 3 heterocycles. The lowest BCUT2D eigenvalue weighted by molar-refractivity contribution is -0.0486. The third-order valence-electron chi connectivity index (χ3n) is 3.49. The maximum atomic E-state index is 11.4. The van der Waals surface area contributed by atoms with Gasteiger partial charge in [0.05, 0.1) is 12.9 Å². The number of aliphatic hydroxyl groups is 2. The largest absolute Gasteiger partial charge is 0.394 e. The van der Waals surface area contributed by atoms with Gasteiger partial charge in [-0.05, 0) is 0 Å². The van der Waals surface area contributed by atoms with E-state index in [1.165, 1.54) is 17.2 Å². The van der Waals surface area contributed by atoms with Crippen molar-refractivity contribution in [2.24, 2.45) is 0 Å². The van der Waals surface area contributed by atoms with Gasteiger partial charge >= 0.3 is 0 Å². The number of hydrogen-bond donors (Lipinski definition) is 4. The van der Waals surface area contributed by atoms with Crippen LogP contribution in [0.1, 0.15) is 6.23 Å². The fraction of sp³-hybridized carbons (Fsp3) is 0.500. The van der Waals surface area contributed by atoms with Gasteiger partial charge in [-0.2, -0.15) is 8.42 Å². The van der Waals surface area contributed by atoms with Crippen molar-refractivity contribution in [3.8, 4) is 0 Å². The van der Waals surface area contributed by atoms with Crippen molar-refractivity contribution in [1.82, 2.24) is 19.5 Å². The molecule has 1 aliphatic rings. The molecule has 2 aromatic heterocycles. The van der Waals surface area contributed by atoms with Gasteiger partial charge in [0.1, 0.15) is 29.3 Å². The summed E-state index contributed by atoms with van der Waals surface area (Å²) in [5.41, 5.74) is 6.13. The van der Waals surface area contributed by atoms with E-state index in [-0.39, 0.29) is 17.0 Å². The average molecular weight is 331 g/mol. The fourth-order valence-electron chi connectivity index (χ4n) is 2.52. The normalized spacial score (nSPS) is 29.2. The minimum absolute atomic E-state index is 0.112. The molecule has 2 aromatic rings. The maximum Gasteiger partial charge on any atom is 0.273 e. The number of aromatic nitrogens is 4. The van der Waals surface area contributed by atoms with E-state index in [0.29, 0.717) is 0 Å². The minimum Gasteiger partial charge on any atom is -0.394 e.